The third-order valence-electron chi connectivity index (χ3n) is 6.38. The van der Waals surface area contributed by atoms with E-state index in [2.05, 4.69) is 26.8 Å². The van der Waals surface area contributed by atoms with E-state index in [1.165, 1.54) is 0 Å². The fraction of sp³-hybridized carbons (Fsp3) is 0.310. The second kappa shape index (κ2) is 13.2. The third-order valence-corrected chi connectivity index (χ3v) is 7.38. The van der Waals surface area contributed by atoms with Crippen LogP contribution in [0.2, 0.25) is 5.02 Å². The number of hydrogen-bond donors (Lipinski definition) is 3. The van der Waals surface area contributed by atoms with Crippen molar-refractivity contribution in [2.75, 3.05) is 19.8 Å². The standard InChI is InChI=1S/C29H31BrClN3O4/c1-20-29(19-23-7-2-3-9-26(23)30,28(36)34-32-15-14-21-6-4-8-24(31)18-21)33-27(38-20)22-10-12-25(13-11-22)37-17-5-16-35/h2-4,6-13,18,20,32,35H,5,14-17,19H2,1H3,(H,34,36)/t20-,29-/m0/s1. The van der Waals surface area contributed by atoms with Gasteiger partial charge in [0.05, 0.1) is 6.61 Å². The molecule has 0 aromatic heterocycles. The minimum atomic E-state index is -1.18. The van der Waals surface area contributed by atoms with Crippen molar-refractivity contribution in [2.24, 2.45) is 4.99 Å². The molecule has 1 heterocycles. The molecule has 200 valence electrons. The van der Waals surface area contributed by atoms with Gasteiger partial charge in [0.15, 0.2) is 5.54 Å². The Morgan fingerprint density at radius 3 is 2.68 bits per heavy atom. The van der Waals surface area contributed by atoms with Crippen molar-refractivity contribution < 1.29 is 19.4 Å². The van der Waals surface area contributed by atoms with Crippen molar-refractivity contribution in [1.29, 1.82) is 0 Å². The van der Waals surface area contributed by atoms with Crippen LogP contribution >= 0.6 is 27.5 Å². The first-order valence-corrected chi connectivity index (χ1v) is 13.7. The number of hydrogen-bond acceptors (Lipinski definition) is 6. The van der Waals surface area contributed by atoms with E-state index in [1.807, 2.05) is 79.7 Å². The van der Waals surface area contributed by atoms with Crippen LogP contribution in [0.4, 0.5) is 0 Å². The molecular weight excluding hydrogens is 570 g/mol. The summed E-state index contributed by atoms with van der Waals surface area (Å²) in [7, 11) is 0. The minimum Gasteiger partial charge on any atom is -0.494 e. The molecule has 0 bridgehead atoms. The number of carbonyl (C=O) groups excluding carboxylic acids is 1. The van der Waals surface area contributed by atoms with Crippen LogP contribution in [0.1, 0.15) is 30.0 Å². The molecule has 0 spiro atoms. The summed E-state index contributed by atoms with van der Waals surface area (Å²) in [5.41, 5.74) is 7.51. The molecule has 1 aliphatic heterocycles. The lowest BCUT2D eigenvalue weighted by atomic mass is 9.86. The number of aliphatic hydroxyl groups excluding tert-OH is 1. The maximum atomic E-state index is 13.7. The molecule has 2 atom stereocenters. The predicted molar refractivity (Wildman–Crippen MR) is 153 cm³/mol. The van der Waals surface area contributed by atoms with E-state index in [0.29, 0.717) is 49.1 Å². The third kappa shape index (κ3) is 6.94. The Morgan fingerprint density at radius 1 is 1.16 bits per heavy atom. The summed E-state index contributed by atoms with van der Waals surface area (Å²) in [6.45, 7) is 2.91. The number of ether oxygens (including phenoxy) is 2. The highest BCUT2D eigenvalue weighted by atomic mass is 79.9. The zero-order chi connectivity index (χ0) is 27.0. The molecule has 0 fully saturated rings. The Balaban J connectivity index is 1.52. The molecule has 3 aromatic carbocycles. The molecule has 0 unspecified atom stereocenters. The second-order valence-electron chi connectivity index (χ2n) is 9.08. The van der Waals surface area contributed by atoms with Crippen LogP contribution in [0, 0.1) is 0 Å². The number of nitrogens with zero attached hydrogens (tertiary/aromatic N) is 1. The number of benzene rings is 3. The lowest BCUT2D eigenvalue weighted by molar-refractivity contribution is -0.129. The Kier molecular flexibility index (Phi) is 9.80. The van der Waals surface area contributed by atoms with Crippen LogP contribution < -0.4 is 15.6 Å². The Morgan fingerprint density at radius 2 is 1.95 bits per heavy atom. The maximum absolute atomic E-state index is 13.7. The molecule has 38 heavy (non-hydrogen) atoms. The largest absolute Gasteiger partial charge is 0.494 e. The summed E-state index contributed by atoms with van der Waals surface area (Å²) in [6.07, 6.45) is 1.10. The summed E-state index contributed by atoms with van der Waals surface area (Å²) in [4.78, 5) is 18.6. The average Bonchev–Trinajstić information content (AvgIpc) is 3.25. The van der Waals surface area contributed by atoms with Gasteiger partial charge in [-0.3, -0.25) is 10.2 Å². The zero-order valence-electron chi connectivity index (χ0n) is 21.1. The minimum absolute atomic E-state index is 0.0811. The first-order valence-electron chi connectivity index (χ1n) is 12.5. The summed E-state index contributed by atoms with van der Waals surface area (Å²) in [5.74, 6) is 0.821. The monoisotopic (exact) mass is 599 g/mol. The zero-order valence-corrected chi connectivity index (χ0v) is 23.5. The lowest BCUT2D eigenvalue weighted by Crippen LogP contribution is -2.56. The van der Waals surface area contributed by atoms with E-state index in [0.717, 1.165) is 21.2 Å². The van der Waals surface area contributed by atoms with Crippen LogP contribution in [-0.2, 0) is 22.4 Å². The van der Waals surface area contributed by atoms with E-state index >= 15 is 0 Å². The Hall–Kier alpha value is -2.91. The number of hydrazine groups is 1. The number of nitrogens with one attached hydrogen (secondary N) is 2. The predicted octanol–water partition coefficient (Wildman–Crippen LogP) is 4.87. The molecular formula is C29H31BrClN3O4. The van der Waals surface area contributed by atoms with Crippen LogP contribution in [-0.4, -0.2) is 48.3 Å². The van der Waals surface area contributed by atoms with E-state index in [-0.39, 0.29) is 12.5 Å². The van der Waals surface area contributed by atoms with Gasteiger partial charge in [-0.05, 0) is 66.9 Å². The van der Waals surface area contributed by atoms with Crippen molar-refractivity contribution in [3.05, 3.63) is 99.0 Å². The molecule has 9 heteroatoms. The Labute approximate surface area is 236 Å². The highest BCUT2D eigenvalue weighted by Gasteiger charge is 2.50. The summed E-state index contributed by atoms with van der Waals surface area (Å²) < 4.78 is 12.7. The van der Waals surface area contributed by atoms with Gasteiger partial charge in [-0.1, -0.05) is 57.9 Å². The smallest absolute Gasteiger partial charge is 0.266 e. The summed E-state index contributed by atoms with van der Waals surface area (Å²) in [6, 6.07) is 22.8. The van der Waals surface area contributed by atoms with Crippen molar-refractivity contribution >= 4 is 39.3 Å². The first kappa shape index (κ1) is 28.1. The van der Waals surface area contributed by atoms with Gasteiger partial charge in [-0.15, -0.1) is 0 Å². The summed E-state index contributed by atoms with van der Waals surface area (Å²) >= 11 is 9.69. The van der Waals surface area contributed by atoms with E-state index in [1.54, 1.807) is 0 Å². The summed E-state index contributed by atoms with van der Waals surface area (Å²) in [5, 5.41) is 9.63. The lowest BCUT2D eigenvalue weighted by Gasteiger charge is -2.28. The van der Waals surface area contributed by atoms with Gasteiger partial charge in [0, 0.05) is 41.1 Å². The molecule has 3 aromatic rings. The van der Waals surface area contributed by atoms with E-state index in [4.69, 9.17) is 31.2 Å². The molecule has 0 radical (unpaired) electrons. The first-order chi connectivity index (χ1) is 18.4. The van der Waals surface area contributed by atoms with Crippen LogP contribution in [0.15, 0.2) is 82.3 Å². The second-order valence-corrected chi connectivity index (χ2v) is 10.4. The van der Waals surface area contributed by atoms with E-state index < -0.39 is 11.6 Å². The topological polar surface area (TPSA) is 92.2 Å². The number of amides is 1. The van der Waals surface area contributed by atoms with Crippen molar-refractivity contribution in [2.45, 2.75) is 37.8 Å². The maximum Gasteiger partial charge on any atom is 0.266 e. The highest BCUT2D eigenvalue weighted by molar-refractivity contribution is 9.10. The SMILES string of the molecule is C[C@@H]1OC(c2ccc(OCCCO)cc2)=N[C@]1(Cc1ccccc1Br)C(=O)NNCCc1cccc(Cl)c1. The van der Waals surface area contributed by atoms with Gasteiger partial charge in [-0.25, -0.2) is 10.4 Å². The van der Waals surface area contributed by atoms with Gasteiger partial charge < -0.3 is 14.6 Å². The average molecular weight is 601 g/mol. The molecule has 4 rings (SSSR count). The molecule has 7 nitrogen and oxygen atoms in total. The number of rotatable bonds is 12. The molecule has 0 aliphatic carbocycles. The fourth-order valence-electron chi connectivity index (χ4n) is 4.23. The van der Waals surface area contributed by atoms with Crippen molar-refractivity contribution in [3.63, 3.8) is 0 Å². The number of aliphatic imine (C=N–C) groups is 1. The van der Waals surface area contributed by atoms with Gasteiger partial charge in [0.1, 0.15) is 11.9 Å². The number of halogens is 2. The van der Waals surface area contributed by atoms with Crippen LogP contribution in [0.3, 0.4) is 0 Å². The Bertz CT molecular complexity index is 1270. The van der Waals surface area contributed by atoms with Crippen LogP contribution in [0.25, 0.3) is 0 Å². The fourth-order valence-corrected chi connectivity index (χ4v) is 4.86. The number of aliphatic hydroxyl groups is 1. The molecule has 3 N–H and O–H groups in total. The van der Waals surface area contributed by atoms with E-state index in [9.17, 15) is 4.79 Å². The highest BCUT2D eigenvalue weighted by Crippen LogP contribution is 2.34. The van der Waals surface area contributed by atoms with Gasteiger partial charge >= 0.3 is 0 Å². The molecule has 0 saturated heterocycles. The van der Waals surface area contributed by atoms with Crippen molar-refractivity contribution in [1.82, 2.24) is 10.9 Å². The normalized spacial score (nSPS) is 18.5. The van der Waals surface area contributed by atoms with Gasteiger partial charge in [0.2, 0.25) is 5.90 Å². The molecule has 1 amide bonds. The van der Waals surface area contributed by atoms with Gasteiger partial charge in [-0.2, -0.15) is 0 Å². The van der Waals surface area contributed by atoms with Crippen molar-refractivity contribution in [3.8, 4) is 5.75 Å². The molecule has 0 saturated carbocycles. The number of carbonyl (C=O) groups is 1. The van der Waals surface area contributed by atoms with Crippen LogP contribution in [0.5, 0.6) is 5.75 Å². The molecule has 1 aliphatic rings. The van der Waals surface area contributed by atoms with Gasteiger partial charge in [0.25, 0.3) is 5.91 Å². The quantitative estimate of drug-likeness (QED) is 0.204.